The van der Waals surface area contributed by atoms with Gasteiger partial charge in [0.15, 0.2) is 5.11 Å². The Labute approximate surface area is 66.4 Å². The minimum absolute atomic E-state index is 0.587. The molecule has 2 fully saturated rings. The van der Waals surface area contributed by atoms with Crippen molar-refractivity contribution in [2.75, 3.05) is 13.1 Å². The number of nitrogens with two attached hydrogens (primary N) is 1. The van der Waals surface area contributed by atoms with Crippen LogP contribution in [0.25, 0.3) is 0 Å². The molecular formula is C7H12N2S. The summed E-state index contributed by atoms with van der Waals surface area (Å²) in [6, 6.07) is 0. The third kappa shape index (κ3) is 0.888. The highest BCUT2D eigenvalue weighted by molar-refractivity contribution is 7.80. The maximum absolute atomic E-state index is 5.50. The Kier molecular flexibility index (Phi) is 1.18. The molecular weight excluding hydrogens is 144 g/mol. The van der Waals surface area contributed by atoms with E-state index in [9.17, 15) is 0 Å². The van der Waals surface area contributed by atoms with Crippen LogP contribution in [0, 0.1) is 5.41 Å². The molecule has 0 aromatic heterocycles. The molecule has 2 nitrogen and oxygen atoms in total. The lowest BCUT2D eigenvalue weighted by molar-refractivity contribution is 0.473. The van der Waals surface area contributed by atoms with Gasteiger partial charge in [-0.05, 0) is 36.9 Å². The summed E-state index contributed by atoms with van der Waals surface area (Å²) in [6.07, 6.45) is 4.10. The van der Waals surface area contributed by atoms with Gasteiger partial charge in [0.1, 0.15) is 0 Å². The summed E-state index contributed by atoms with van der Waals surface area (Å²) in [5.74, 6) is 0. The Morgan fingerprint density at radius 3 is 2.40 bits per heavy atom. The van der Waals surface area contributed by atoms with Crippen LogP contribution in [0.15, 0.2) is 0 Å². The Balaban J connectivity index is 1.99. The van der Waals surface area contributed by atoms with Gasteiger partial charge in [0, 0.05) is 13.1 Å². The minimum Gasteiger partial charge on any atom is -0.376 e. The van der Waals surface area contributed by atoms with E-state index in [1.54, 1.807) is 0 Å². The summed E-state index contributed by atoms with van der Waals surface area (Å²) in [7, 11) is 0. The van der Waals surface area contributed by atoms with Crippen LogP contribution in [0.3, 0.4) is 0 Å². The average molecular weight is 156 g/mol. The molecule has 0 bridgehead atoms. The molecule has 10 heavy (non-hydrogen) atoms. The summed E-state index contributed by atoms with van der Waals surface area (Å²) < 4.78 is 0. The second kappa shape index (κ2) is 1.84. The standard InChI is InChI=1S/C7H12N2S/c8-6(10)9-4-3-7(5-9)1-2-7/h1-5H2,(H2,8,10). The minimum atomic E-state index is 0.587. The summed E-state index contributed by atoms with van der Waals surface area (Å²) in [5, 5.41) is 0.587. The van der Waals surface area contributed by atoms with Gasteiger partial charge < -0.3 is 10.6 Å². The first-order valence-corrected chi connectivity index (χ1v) is 4.17. The molecule has 1 spiro atoms. The van der Waals surface area contributed by atoms with E-state index >= 15 is 0 Å². The van der Waals surface area contributed by atoms with Crippen LogP contribution in [0.2, 0.25) is 0 Å². The number of rotatable bonds is 0. The molecule has 2 N–H and O–H groups in total. The monoisotopic (exact) mass is 156 g/mol. The maximum atomic E-state index is 5.50. The molecule has 0 amide bonds. The average Bonchev–Trinajstić information content (AvgIpc) is 2.41. The van der Waals surface area contributed by atoms with Gasteiger partial charge in [0.05, 0.1) is 0 Å². The fourth-order valence-corrected chi connectivity index (χ4v) is 1.86. The molecule has 0 radical (unpaired) electrons. The van der Waals surface area contributed by atoms with Crippen LogP contribution < -0.4 is 5.73 Å². The summed E-state index contributed by atoms with van der Waals surface area (Å²) in [5.41, 5.74) is 6.16. The van der Waals surface area contributed by atoms with Gasteiger partial charge in [0.25, 0.3) is 0 Å². The molecule has 1 saturated heterocycles. The van der Waals surface area contributed by atoms with E-state index in [0.29, 0.717) is 10.5 Å². The van der Waals surface area contributed by atoms with Gasteiger partial charge in [-0.2, -0.15) is 0 Å². The van der Waals surface area contributed by atoms with E-state index in [-0.39, 0.29) is 0 Å². The Bertz CT molecular complexity index is 174. The quantitative estimate of drug-likeness (QED) is 0.524. The SMILES string of the molecule is NC(=S)N1CCC2(CC2)C1. The number of likely N-dealkylation sites (tertiary alicyclic amines) is 1. The Hall–Kier alpha value is -0.310. The van der Waals surface area contributed by atoms with Crippen molar-refractivity contribution in [2.24, 2.45) is 11.1 Å². The van der Waals surface area contributed by atoms with Crippen LogP contribution in [-0.4, -0.2) is 23.1 Å². The van der Waals surface area contributed by atoms with Gasteiger partial charge in [-0.15, -0.1) is 0 Å². The highest BCUT2D eigenvalue weighted by Crippen LogP contribution is 2.52. The molecule has 56 valence electrons. The first-order chi connectivity index (χ1) is 4.72. The fourth-order valence-electron chi connectivity index (χ4n) is 1.71. The van der Waals surface area contributed by atoms with Crippen molar-refractivity contribution in [3.8, 4) is 0 Å². The number of thiocarbonyl (C=S) groups is 1. The zero-order valence-corrected chi connectivity index (χ0v) is 6.78. The zero-order chi connectivity index (χ0) is 7.19. The third-order valence-electron chi connectivity index (χ3n) is 2.71. The highest BCUT2D eigenvalue weighted by atomic mass is 32.1. The van der Waals surface area contributed by atoms with Crippen molar-refractivity contribution in [1.82, 2.24) is 4.90 Å². The number of nitrogens with zero attached hydrogens (tertiary/aromatic N) is 1. The molecule has 3 heteroatoms. The van der Waals surface area contributed by atoms with Crippen molar-refractivity contribution in [1.29, 1.82) is 0 Å². The van der Waals surface area contributed by atoms with Crippen molar-refractivity contribution in [3.05, 3.63) is 0 Å². The maximum Gasteiger partial charge on any atom is 0.166 e. The smallest absolute Gasteiger partial charge is 0.166 e. The Morgan fingerprint density at radius 1 is 1.40 bits per heavy atom. The highest BCUT2D eigenvalue weighted by Gasteiger charge is 2.47. The van der Waals surface area contributed by atoms with E-state index in [1.807, 2.05) is 0 Å². The van der Waals surface area contributed by atoms with Crippen molar-refractivity contribution in [2.45, 2.75) is 19.3 Å². The topological polar surface area (TPSA) is 29.3 Å². The second-order valence-corrected chi connectivity index (χ2v) is 3.93. The van der Waals surface area contributed by atoms with E-state index in [1.165, 1.54) is 19.3 Å². The normalized spacial score (nSPS) is 27.4. The zero-order valence-electron chi connectivity index (χ0n) is 5.97. The van der Waals surface area contributed by atoms with E-state index in [0.717, 1.165) is 13.1 Å². The fraction of sp³-hybridized carbons (Fsp3) is 0.857. The summed E-state index contributed by atoms with van der Waals surface area (Å²) >= 11 is 4.89. The van der Waals surface area contributed by atoms with Crippen LogP contribution >= 0.6 is 12.2 Å². The van der Waals surface area contributed by atoms with Gasteiger partial charge in [-0.25, -0.2) is 0 Å². The van der Waals surface area contributed by atoms with Crippen LogP contribution in [0.5, 0.6) is 0 Å². The number of hydrogen-bond donors (Lipinski definition) is 1. The predicted molar refractivity (Wildman–Crippen MR) is 44.6 cm³/mol. The molecule has 0 unspecified atom stereocenters. The largest absolute Gasteiger partial charge is 0.376 e. The molecule has 2 rings (SSSR count). The molecule has 1 heterocycles. The Morgan fingerprint density at radius 2 is 2.10 bits per heavy atom. The predicted octanol–water partition coefficient (Wildman–Crippen LogP) is 0.716. The van der Waals surface area contributed by atoms with E-state index < -0.39 is 0 Å². The van der Waals surface area contributed by atoms with Crippen molar-refractivity contribution >= 4 is 17.3 Å². The lowest BCUT2D eigenvalue weighted by Crippen LogP contribution is -2.33. The van der Waals surface area contributed by atoms with Gasteiger partial charge in [-0.3, -0.25) is 0 Å². The van der Waals surface area contributed by atoms with Gasteiger partial charge >= 0.3 is 0 Å². The summed E-state index contributed by atoms with van der Waals surface area (Å²) in [6.45, 7) is 2.22. The number of hydrogen-bond acceptors (Lipinski definition) is 1. The van der Waals surface area contributed by atoms with Crippen LogP contribution in [0.4, 0.5) is 0 Å². The first kappa shape index (κ1) is 6.40. The molecule has 0 atom stereocenters. The summed E-state index contributed by atoms with van der Waals surface area (Å²) in [4.78, 5) is 2.13. The van der Waals surface area contributed by atoms with E-state index in [4.69, 9.17) is 18.0 Å². The molecule has 2 aliphatic rings. The lowest BCUT2D eigenvalue weighted by atomic mass is 10.1. The van der Waals surface area contributed by atoms with Crippen LogP contribution in [0.1, 0.15) is 19.3 Å². The molecule has 0 aromatic carbocycles. The van der Waals surface area contributed by atoms with E-state index in [2.05, 4.69) is 4.90 Å². The van der Waals surface area contributed by atoms with Crippen molar-refractivity contribution in [3.63, 3.8) is 0 Å². The third-order valence-corrected chi connectivity index (χ3v) is 2.97. The van der Waals surface area contributed by atoms with Crippen molar-refractivity contribution < 1.29 is 0 Å². The van der Waals surface area contributed by atoms with Gasteiger partial charge in [-0.1, -0.05) is 0 Å². The first-order valence-electron chi connectivity index (χ1n) is 3.76. The van der Waals surface area contributed by atoms with Crippen LogP contribution in [-0.2, 0) is 0 Å². The second-order valence-electron chi connectivity index (χ2n) is 3.51. The lowest BCUT2D eigenvalue weighted by Gasteiger charge is -2.14. The molecule has 0 aromatic rings. The molecule has 1 aliphatic heterocycles. The molecule has 1 saturated carbocycles. The van der Waals surface area contributed by atoms with Gasteiger partial charge in [0.2, 0.25) is 0 Å². The molecule has 1 aliphatic carbocycles.